The minimum atomic E-state index is -1.16. The molecule has 3 heterocycles. The van der Waals surface area contributed by atoms with E-state index in [0.29, 0.717) is 41.4 Å². The molecule has 152 valence electrons. The number of piperidine rings is 1. The van der Waals surface area contributed by atoms with E-state index in [9.17, 15) is 10.1 Å². The van der Waals surface area contributed by atoms with E-state index in [4.69, 9.17) is 9.47 Å². The largest absolute Gasteiger partial charge is 0.474 e. The number of hydrogen-bond acceptors (Lipinski definition) is 7. The highest BCUT2D eigenvalue weighted by Gasteiger charge is 2.45. The number of pyridine rings is 2. The highest BCUT2D eigenvalue weighted by Crippen LogP contribution is 2.33. The molecule has 1 N–H and O–H groups in total. The lowest BCUT2D eigenvalue weighted by Crippen LogP contribution is -2.58. The van der Waals surface area contributed by atoms with Crippen LogP contribution in [0.3, 0.4) is 0 Å². The summed E-state index contributed by atoms with van der Waals surface area (Å²) < 4.78 is 12.1. The molecule has 1 saturated heterocycles. The number of nitrogens with zero attached hydrogens (tertiary/aromatic N) is 3. The molecule has 0 amide bonds. The number of carbonyl (C=O) groups excluding carboxylic acids is 1. The van der Waals surface area contributed by atoms with Gasteiger partial charge < -0.3 is 14.8 Å². The molecule has 0 aliphatic carbocycles. The molecule has 3 rings (SSSR count). The van der Waals surface area contributed by atoms with Gasteiger partial charge in [0.05, 0.1) is 23.3 Å². The molecule has 2 atom stereocenters. The van der Waals surface area contributed by atoms with Gasteiger partial charge >= 0.3 is 0 Å². The van der Waals surface area contributed by atoms with Crippen molar-refractivity contribution in [3.05, 3.63) is 47.3 Å². The molecule has 0 saturated carbocycles. The van der Waals surface area contributed by atoms with Crippen molar-refractivity contribution >= 4 is 5.78 Å². The average molecular weight is 394 g/mol. The van der Waals surface area contributed by atoms with Crippen LogP contribution in [-0.4, -0.2) is 40.0 Å². The second-order valence-electron chi connectivity index (χ2n) is 7.67. The molecule has 1 aliphatic heterocycles. The molecule has 0 spiro atoms. The van der Waals surface area contributed by atoms with Crippen molar-refractivity contribution < 1.29 is 14.3 Å². The third-order valence-corrected chi connectivity index (χ3v) is 5.06. The van der Waals surface area contributed by atoms with Gasteiger partial charge in [-0.15, -0.1) is 0 Å². The second-order valence-corrected chi connectivity index (χ2v) is 7.67. The van der Waals surface area contributed by atoms with Crippen molar-refractivity contribution in [3.8, 4) is 17.8 Å². The molecule has 2 aromatic heterocycles. The van der Waals surface area contributed by atoms with Crippen molar-refractivity contribution in [2.75, 3.05) is 6.54 Å². The third kappa shape index (κ3) is 4.38. The Bertz CT molecular complexity index is 928. The Morgan fingerprint density at radius 1 is 1.31 bits per heavy atom. The van der Waals surface area contributed by atoms with E-state index < -0.39 is 5.60 Å². The number of nitriles is 1. The van der Waals surface area contributed by atoms with E-state index in [0.717, 1.165) is 6.42 Å². The van der Waals surface area contributed by atoms with Gasteiger partial charge in [0.15, 0.2) is 5.60 Å². The van der Waals surface area contributed by atoms with E-state index in [1.54, 1.807) is 31.3 Å². The highest BCUT2D eigenvalue weighted by atomic mass is 16.5. The van der Waals surface area contributed by atoms with Crippen LogP contribution >= 0.6 is 0 Å². The zero-order valence-electron chi connectivity index (χ0n) is 17.2. The van der Waals surface area contributed by atoms with E-state index in [2.05, 4.69) is 28.3 Å². The summed E-state index contributed by atoms with van der Waals surface area (Å²) in [6, 6.07) is 7.47. The van der Waals surface area contributed by atoms with Crippen molar-refractivity contribution in [1.29, 1.82) is 5.26 Å². The first-order valence-electron chi connectivity index (χ1n) is 9.81. The van der Waals surface area contributed by atoms with Crippen LogP contribution in [0.2, 0.25) is 0 Å². The minimum Gasteiger partial charge on any atom is -0.474 e. The van der Waals surface area contributed by atoms with Crippen molar-refractivity contribution in [3.63, 3.8) is 0 Å². The lowest BCUT2D eigenvalue weighted by molar-refractivity contribution is 0.0256. The number of nitrogens with one attached hydrogen (secondary N) is 1. The average Bonchev–Trinajstić information content (AvgIpc) is 2.71. The fourth-order valence-corrected chi connectivity index (χ4v) is 3.36. The van der Waals surface area contributed by atoms with Crippen LogP contribution in [0.1, 0.15) is 55.1 Å². The van der Waals surface area contributed by atoms with Crippen LogP contribution in [0.4, 0.5) is 0 Å². The first kappa shape index (κ1) is 20.7. The number of hydrogen-bond donors (Lipinski definition) is 1. The highest BCUT2D eigenvalue weighted by molar-refractivity contribution is 6.04. The Balaban J connectivity index is 2.02. The Kier molecular flexibility index (Phi) is 6.14. The number of Topliss-reactive ketones (excluding diaryl/α,β-unsaturated/α-hetero) is 1. The van der Waals surface area contributed by atoms with Gasteiger partial charge in [-0.2, -0.15) is 5.26 Å². The second kappa shape index (κ2) is 8.58. The molecular weight excluding hydrogens is 368 g/mol. The molecular formula is C22H26N4O3. The molecule has 7 nitrogen and oxygen atoms in total. The number of ether oxygens (including phenoxy) is 2. The summed E-state index contributed by atoms with van der Waals surface area (Å²) in [5, 5.41) is 12.7. The summed E-state index contributed by atoms with van der Waals surface area (Å²) >= 11 is 0. The minimum absolute atomic E-state index is 0.117. The summed E-state index contributed by atoms with van der Waals surface area (Å²) in [4.78, 5) is 22.3. The lowest BCUT2D eigenvalue weighted by atomic mass is 9.84. The Labute approximate surface area is 171 Å². The normalized spacial score (nSPS) is 21.4. The van der Waals surface area contributed by atoms with Crippen molar-refractivity contribution in [1.82, 2.24) is 15.3 Å². The summed E-state index contributed by atoms with van der Waals surface area (Å²) in [5.41, 5.74) is 0.313. The molecule has 29 heavy (non-hydrogen) atoms. The zero-order valence-corrected chi connectivity index (χ0v) is 17.2. The molecule has 7 heteroatoms. The van der Waals surface area contributed by atoms with Gasteiger partial charge in [0.25, 0.3) is 0 Å². The van der Waals surface area contributed by atoms with Gasteiger partial charge in [0.2, 0.25) is 17.5 Å². The van der Waals surface area contributed by atoms with E-state index in [1.165, 1.54) is 6.20 Å². The molecule has 0 unspecified atom stereocenters. The molecule has 0 radical (unpaired) electrons. The molecule has 0 bridgehead atoms. The monoisotopic (exact) mass is 394 g/mol. The summed E-state index contributed by atoms with van der Waals surface area (Å²) in [6.07, 6.45) is 4.30. The quantitative estimate of drug-likeness (QED) is 0.751. The van der Waals surface area contributed by atoms with Gasteiger partial charge in [-0.05, 0) is 58.7 Å². The number of rotatable bonds is 6. The van der Waals surface area contributed by atoms with Gasteiger partial charge in [-0.3, -0.25) is 4.79 Å². The summed E-state index contributed by atoms with van der Waals surface area (Å²) in [5.74, 6) is 0.387. The van der Waals surface area contributed by atoms with Gasteiger partial charge in [-0.1, -0.05) is 0 Å². The maximum Gasteiger partial charge on any atom is 0.224 e. The van der Waals surface area contributed by atoms with Crippen LogP contribution in [-0.2, 0) is 0 Å². The van der Waals surface area contributed by atoms with Crippen molar-refractivity contribution in [2.24, 2.45) is 0 Å². The molecule has 1 aliphatic rings. The van der Waals surface area contributed by atoms with Crippen LogP contribution in [0.25, 0.3) is 0 Å². The van der Waals surface area contributed by atoms with Crippen LogP contribution < -0.4 is 14.8 Å². The van der Waals surface area contributed by atoms with E-state index in [1.807, 2.05) is 13.8 Å². The molecule has 1 fully saturated rings. The maximum atomic E-state index is 13.7. The van der Waals surface area contributed by atoms with E-state index in [-0.39, 0.29) is 17.9 Å². The van der Waals surface area contributed by atoms with Crippen molar-refractivity contribution in [2.45, 2.75) is 58.3 Å². The molecule has 2 aromatic rings. The van der Waals surface area contributed by atoms with Crippen LogP contribution in [0, 0.1) is 18.3 Å². The standard InChI is InChI=1S/C22H26N4O3/c1-14(2)28-21-18(6-5-10-24-21)19(27)22(9-7-15(3)26-13-22)29-20-16(4)17(12-23)8-11-25-20/h5-6,8,10-11,14-15,26H,7,9,13H2,1-4H3/t15-,22-/m1/s1. The number of carbonyl (C=O) groups is 1. The lowest BCUT2D eigenvalue weighted by Gasteiger charge is -2.39. The number of ketones is 1. The smallest absolute Gasteiger partial charge is 0.224 e. The Morgan fingerprint density at radius 3 is 2.72 bits per heavy atom. The number of aromatic nitrogens is 2. The first-order valence-corrected chi connectivity index (χ1v) is 9.81. The maximum absolute atomic E-state index is 13.7. The molecule has 0 aromatic carbocycles. The third-order valence-electron chi connectivity index (χ3n) is 5.06. The van der Waals surface area contributed by atoms with Gasteiger partial charge in [0, 0.05) is 30.5 Å². The fraction of sp³-hybridized carbons (Fsp3) is 0.455. The van der Waals surface area contributed by atoms with E-state index >= 15 is 0 Å². The topological polar surface area (TPSA) is 97.1 Å². The van der Waals surface area contributed by atoms with Crippen LogP contribution in [0.15, 0.2) is 30.6 Å². The predicted octanol–water partition coefficient (Wildman–Crippen LogP) is 3.22. The summed E-state index contributed by atoms with van der Waals surface area (Å²) in [6.45, 7) is 7.96. The fourth-order valence-electron chi connectivity index (χ4n) is 3.36. The summed E-state index contributed by atoms with van der Waals surface area (Å²) in [7, 11) is 0. The predicted molar refractivity (Wildman–Crippen MR) is 108 cm³/mol. The zero-order chi connectivity index (χ0) is 21.0. The van der Waals surface area contributed by atoms with Gasteiger partial charge in [0.1, 0.15) is 0 Å². The SMILES string of the molecule is Cc1c(C#N)ccnc1O[C@]1(C(=O)c2cccnc2OC(C)C)CC[C@@H](C)NC1. The Morgan fingerprint density at radius 2 is 2.07 bits per heavy atom. The van der Waals surface area contributed by atoms with Crippen LogP contribution in [0.5, 0.6) is 11.8 Å². The van der Waals surface area contributed by atoms with Gasteiger partial charge in [-0.25, -0.2) is 9.97 Å². The Hall–Kier alpha value is -2.98. The first-order chi connectivity index (χ1) is 13.9.